The Balaban J connectivity index is 1.62. The first kappa shape index (κ1) is 16.2. The number of halogens is 1. The van der Waals surface area contributed by atoms with Gasteiger partial charge in [-0.2, -0.15) is 9.78 Å². The smallest absolute Gasteiger partial charge is 0.269 e. The molecule has 10 heteroatoms. The van der Waals surface area contributed by atoms with Crippen molar-refractivity contribution in [1.29, 1.82) is 0 Å². The molecular formula is C15H12FN7O2. The highest BCUT2D eigenvalue weighted by Crippen LogP contribution is 2.15. The van der Waals surface area contributed by atoms with E-state index in [1.54, 1.807) is 30.5 Å². The van der Waals surface area contributed by atoms with Gasteiger partial charge < -0.3 is 0 Å². The van der Waals surface area contributed by atoms with Gasteiger partial charge in [0.2, 0.25) is 0 Å². The standard InChI is InChI=1S/C15H12FN7O2/c16-11-1-5-13(6-2-11)22-15(19-20-21-22)9-10-17-18-12-3-7-14(8-4-12)23(24)25/h1-8,10,18H,9H2/b17-10+. The lowest BCUT2D eigenvalue weighted by molar-refractivity contribution is -0.384. The Hall–Kier alpha value is -3.69. The third-order valence-corrected chi connectivity index (χ3v) is 3.24. The lowest BCUT2D eigenvalue weighted by atomic mass is 10.3. The number of nitrogens with one attached hydrogen (secondary N) is 1. The Morgan fingerprint density at radius 2 is 1.92 bits per heavy atom. The van der Waals surface area contributed by atoms with Crippen molar-refractivity contribution in [3.63, 3.8) is 0 Å². The maximum Gasteiger partial charge on any atom is 0.269 e. The lowest BCUT2D eigenvalue weighted by Gasteiger charge is -2.02. The van der Waals surface area contributed by atoms with Gasteiger partial charge in [-0.05, 0) is 46.8 Å². The van der Waals surface area contributed by atoms with E-state index in [4.69, 9.17) is 0 Å². The van der Waals surface area contributed by atoms with Crippen LogP contribution in [0.4, 0.5) is 15.8 Å². The van der Waals surface area contributed by atoms with Crippen LogP contribution in [0, 0.1) is 15.9 Å². The number of aromatic nitrogens is 4. The molecule has 0 amide bonds. The Morgan fingerprint density at radius 3 is 2.60 bits per heavy atom. The maximum absolute atomic E-state index is 13.0. The summed E-state index contributed by atoms with van der Waals surface area (Å²) in [6.45, 7) is 0. The van der Waals surface area contributed by atoms with Crippen LogP contribution in [0.25, 0.3) is 5.69 Å². The number of nitro groups is 1. The van der Waals surface area contributed by atoms with Crippen molar-refractivity contribution in [3.8, 4) is 5.69 Å². The minimum absolute atomic E-state index is 0.00741. The normalized spacial score (nSPS) is 10.9. The Labute approximate surface area is 140 Å². The molecule has 0 fully saturated rings. The molecule has 0 aliphatic heterocycles. The Kier molecular flexibility index (Phi) is 4.69. The number of hydrazone groups is 1. The average molecular weight is 341 g/mol. The molecule has 3 aromatic rings. The molecule has 0 aliphatic carbocycles. The zero-order chi connectivity index (χ0) is 17.6. The van der Waals surface area contributed by atoms with Gasteiger partial charge in [-0.25, -0.2) is 4.39 Å². The molecule has 2 aromatic carbocycles. The van der Waals surface area contributed by atoms with Crippen LogP contribution in [0.1, 0.15) is 5.82 Å². The molecular weight excluding hydrogens is 329 g/mol. The molecule has 0 aliphatic rings. The molecule has 0 bridgehead atoms. The Morgan fingerprint density at radius 1 is 1.20 bits per heavy atom. The van der Waals surface area contributed by atoms with Gasteiger partial charge in [0.15, 0.2) is 5.82 Å². The number of hydrogen-bond donors (Lipinski definition) is 1. The first-order valence-corrected chi connectivity index (χ1v) is 7.18. The summed E-state index contributed by atoms with van der Waals surface area (Å²) in [5.41, 5.74) is 4.01. The molecule has 0 spiro atoms. The van der Waals surface area contributed by atoms with E-state index >= 15 is 0 Å². The summed E-state index contributed by atoms with van der Waals surface area (Å²) in [5.74, 6) is 0.188. The van der Waals surface area contributed by atoms with Gasteiger partial charge in [0.25, 0.3) is 5.69 Å². The van der Waals surface area contributed by atoms with Crippen LogP contribution in [0.15, 0.2) is 53.6 Å². The molecule has 0 unspecified atom stereocenters. The largest absolute Gasteiger partial charge is 0.279 e. The van der Waals surface area contributed by atoms with E-state index in [2.05, 4.69) is 26.1 Å². The average Bonchev–Trinajstić information content (AvgIpc) is 3.08. The second-order valence-corrected chi connectivity index (χ2v) is 4.91. The third-order valence-electron chi connectivity index (χ3n) is 3.24. The number of nitrogens with zero attached hydrogens (tertiary/aromatic N) is 6. The highest BCUT2D eigenvalue weighted by atomic mass is 19.1. The maximum atomic E-state index is 13.0. The minimum atomic E-state index is -0.470. The second kappa shape index (κ2) is 7.25. The van der Waals surface area contributed by atoms with E-state index in [-0.39, 0.29) is 11.5 Å². The van der Waals surface area contributed by atoms with Crippen LogP contribution in [0.2, 0.25) is 0 Å². The summed E-state index contributed by atoms with van der Waals surface area (Å²) in [7, 11) is 0. The van der Waals surface area contributed by atoms with Gasteiger partial charge >= 0.3 is 0 Å². The molecule has 1 N–H and O–H groups in total. The van der Waals surface area contributed by atoms with Crippen molar-refractivity contribution in [2.24, 2.45) is 5.10 Å². The summed E-state index contributed by atoms with van der Waals surface area (Å²) in [5, 5.41) is 26.0. The molecule has 1 aromatic heterocycles. The molecule has 3 rings (SSSR count). The van der Waals surface area contributed by atoms with Crippen molar-refractivity contribution < 1.29 is 9.31 Å². The van der Waals surface area contributed by atoms with E-state index < -0.39 is 4.92 Å². The zero-order valence-electron chi connectivity index (χ0n) is 12.8. The van der Waals surface area contributed by atoms with Crippen molar-refractivity contribution in [2.75, 3.05) is 5.43 Å². The van der Waals surface area contributed by atoms with Gasteiger partial charge in [-0.3, -0.25) is 15.5 Å². The first-order chi connectivity index (χ1) is 12.1. The summed E-state index contributed by atoms with van der Waals surface area (Å²) < 4.78 is 14.5. The summed E-state index contributed by atoms with van der Waals surface area (Å²) in [6.07, 6.45) is 1.90. The number of anilines is 1. The van der Waals surface area contributed by atoms with Gasteiger partial charge in [-0.15, -0.1) is 5.10 Å². The fraction of sp³-hybridized carbons (Fsp3) is 0.0667. The summed E-state index contributed by atoms with van der Waals surface area (Å²) in [4.78, 5) is 10.1. The van der Waals surface area contributed by atoms with E-state index in [1.165, 1.54) is 28.9 Å². The van der Waals surface area contributed by atoms with Gasteiger partial charge in [-0.1, -0.05) is 0 Å². The molecule has 1 heterocycles. The summed E-state index contributed by atoms with van der Waals surface area (Å²) in [6, 6.07) is 11.7. The molecule has 0 saturated carbocycles. The van der Waals surface area contributed by atoms with E-state index in [0.29, 0.717) is 23.6 Å². The predicted octanol–water partition coefficient (Wildman–Crippen LogP) is 2.35. The van der Waals surface area contributed by atoms with Gasteiger partial charge in [0.05, 0.1) is 16.3 Å². The monoisotopic (exact) mass is 341 g/mol. The summed E-state index contributed by atoms with van der Waals surface area (Å²) >= 11 is 0. The lowest BCUT2D eigenvalue weighted by Crippen LogP contribution is -2.04. The molecule has 126 valence electrons. The van der Waals surface area contributed by atoms with Crippen LogP contribution in [-0.2, 0) is 6.42 Å². The van der Waals surface area contributed by atoms with Crippen molar-refractivity contribution in [2.45, 2.75) is 6.42 Å². The van der Waals surface area contributed by atoms with E-state index in [1.807, 2.05) is 0 Å². The number of benzene rings is 2. The number of nitro benzene ring substituents is 1. The van der Waals surface area contributed by atoms with Crippen molar-refractivity contribution in [3.05, 3.63) is 70.3 Å². The zero-order valence-corrected chi connectivity index (χ0v) is 12.8. The fourth-order valence-corrected chi connectivity index (χ4v) is 2.02. The van der Waals surface area contributed by atoms with Crippen LogP contribution in [-0.4, -0.2) is 31.3 Å². The van der Waals surface area contributed by atoms with Crippen LogP contribution < -0.4 is 5.43 Å². The predicted molar refractivity (Wildman–Crippen MR) is 88.0 cm³/mol. The van der Waals surface area contributed by atoms with Crippen LogP contribution >= 0.6 is 0 Å². The minimum Gasteiger partial charge on any atom is -0.279 e. The molecule has 0 saturated heterocycles. The Bertz CT molecular complexity index is 891. The molecule has 25 heavy (non-hydrogen) atoms. The number of tetrazole rings is 1. The SMILES string of the molecule is O=[N+]([O-])c1ccc(N/N=C/Cc2nnnn2-c2ccc(F)cc2)cc1. The molecule has 9 nitrogen and oxygen atoms in total. The topological polar surface area (TPSA) is 111 Å². The number of non-ortho nitro benzene ring substituents is 1. The molecule has 0 radical (unpaired) electrons. The highest BCUT2D eigenvalue weighted by molar-refractivity contribution is 5.62. The van der Waals surface area contributed by atoms with Crippen LogP contribution in [0.3, 0.4) is 0 Å². The van der Waals surface area contributed by atoms with E-state index in [9.17, 15) is 14.5 Å². The van der Waals surface area contributed by atoms with Crippen LogP contribution in [0.5, 0.6) is 0 Å². The van der Waals surface area contributed by atoms with Gasteiger partial charge in [0, 0.05) is 24.8 Å². The van der Waals surface area contributed by atoms with Crippen molar-refractivity contribution in [1.82, 2.24) is 20.2 Å². The quantitative estimate of drug-likeness (QED) is 0.418. The fourth-order valence-electron chi connectivity index (χ4n) is 2.02. The van der Waals surface area contributed by atoms with E-state index in [0.717, 1.165) is 0 Å². The third kappa shape index (κ3) is 3.99. The second-order valence-electron chi connectivity index (χ2n) is 4.91. The van der Waals surface area contributed by atoms with Gasteiger partial charge in [0.1, 0.15) is 5.82 Å². The number of hydrogen-bond acceptors (Lipinski definition) is 7. The number of rotatable bonds is 6. The van der Waals surface area contributed by atoms with Crippen molar-refractivity contribution >= 4 is 17.6 Å². The molecule has 0 atom stereocenters. The first-order valence-electron chi connectivity index (χ1n) is 7.18. The highest BCUT2D eigenvalue weighted by Gasteiger charge is 2.07.